The lowest BCUT2D eigenvalue weighted by Crippen LogP contribution is -2.46. The van der Waals surface area contributed by atoms with Crippen LogP contribution in [0.3, 0.4) is 0 Å². The van der Waals surface area contributed by atoms with E-state index in [4.69, 9.17) is 14.9 Å². The number of rotatable bonds is 8. The zero-order valence-corrected chi connectivity index (χ0v) is 9.23. The summed E-state index contributed by atoms with van der Waals surface area (Å²) in [5.41, 5.74) is 0. The highest BCUT2D eigenvalue weighted by Gasteiger charge is 2.18. The normalized spacial score (nSPS) is 11.9. The molecule has 7 heteroatoms. The van der Waals surface area contributed by atoms with Crippen LogP contribution in [-0.4, -0.2) is 55.1 Å². The summed E-state index contributed by atoms with van der Waals surface area (Å²) in [6.07, 6.45) is 0.641. The van der Waals surface area contributed by atoms with Crippen molar-refractivity contribution in [2.45, 2.75) is 18.9 Å². The van der Waals surface area contributed by atoms with E-state index in [0.717, 1.165) is 0 Å². The summed E-state index contributed by atoms with van der Waals surface area (Å²) in [6.45, 7) is 0.644. The van der Waals surface area contributed by atoms with Crippen LogP contribution in [0.1, 0.15) is 12.8 Å². The van der Waals surface area contributed by atoms with Crippen LogP contribution in [0.15, 0.2) is 0 Å². The van der Waals surface area contributed by atoms with E-state index in [0.29, 0.717) is 19.6 Å². The molecule has 0 fully saturated rings. The fourth-order valence-corrected chi connectivity index (χ4v) is 1.01. The monoisotopic (exact) mass is 234 g/mol. The number of carboxylic acid groups (broad SMARTS) is 1. The number of ether oxygens (including phenoxy) is 1. The van der Waals surface area contributed by atoms with Crippen molar-refractivity contribution in [3.8, 4) is 0 Å². The Labute approximate surface area is 93.8 Å². The summed E-state index contributed by atoms with van der Waals surface area (Å²) in [5.74, 6) is -1.17. The first kappa shape index (κ1) is 14.7. The van der Waals surface area contributed by atoms with E-state index in [1.54, 1.807) is 7.11 Å². The van der Waals surface area contributed by atoms with E-state index in [9.17, 15) is 9.59 Å². The van der Waals surface area contributed by atoms with Crippen LogP contribution in [0.4, 0.5) is 4.79 Å². The summed E-state index contributed by atoms with van der Waals surface area (Å²) >= 11 is 0. The average Bonchev–Trinajstić information content (AvgIpc) is 2.23. The van der Waals surface area contributed by atoms with E-state index >= 15 is 0 Å². The SMILES string of the molecule is COCCCNC(=O)NC(CCO)C(=O)O. The summed E-state index contributed by atoms with van der Waals surface area (Å²) < 4.78 is 4.78. The molecule has 1 unspecified atom stereocenters. The number of urea groups is 1. The molecule has 0 aromatic rings. The van der Waals surface area contributed by atoms with Gasteiger partial charge in [0.05, 0.1) is 0 Å². The molecule has 0 bridgehead atoms. The van der Waals surface area contributed by atoms with Gasteiger partial charge in [0.2, 0.25) is 0 Å². The number of carboxylic acids is 1. The van der Waals surface area contributed by atoms with Gasteiger partial charge in [0.1, 0.15) is 6.04 Å². The minimum absolute atomic E-state index is 0.0131. The van der Waals surface area contributed by atoms with E-state index in [1.807, 2.05) is 0 Å². The van der Waals surface area contributed by atoms with Gasteiger partial charge in [-0.2, -0.15) is 0 Å². The Bertz CT molecular complexity index is 222. The number of aliphatic hydroxyl groups is 1. The summed E-state index contributed by atoms with van der Waals surface area (Å²) in [5, 5.41) is 22.0. The van der Waals surface area contributed by atoms with Crippen LogP contribution in [0.5, 0.6) is 0 Å². The highest BCUT2D eigenvalue weighted by atomic mass is 16.5. The fraction of sp³-hybridized carbons (Fsp3) is 0.778. The maximum absolute atomic E-state index is 11.2. The van der Waals surface area contributed by atoms with Gasteiger partial charge in [-0.15, -0.1) is 0 Å². The van der Waals surface area contributed by atoms with Crippen molar-refractivity contribution in [1.82, 2.24) is 10.6 Å². The maximum atomic E-state index is 11.2. The highest BCUT2D eigenvalue weighted by Crippen LogP contribution is 1.91. The smallest absolute Gasteiger partial charge is 0.326 e. The van der Waals surface area contributed by atoms with Crippen LogP contribution in [0, 0.1) is 0 Å². The third kappa shape index (κ3) is 7.02. The van der Waals surface area contributed by atoms with Crippen LogP contribution >= 0.6 is 0 Å². The largest absolute Gasteiger partial charge is 0.480 e. The maximum Gasteiger partial charge on any atom is 0.326 e. The van der Waals surface area contributed by atoms with Crippen molar-refractivity contribution in [2.24, 2.45) is 0 Å². The van der Waals surface area contributed by atoms with Crippen molar-refractivity contribution in [1.29, 1.82) is 0 Å². The molecule has 1 atom stereocenters. The van der Waals surface area contributed by atoms with Crippen LogP contribution < -0.4 is 10.6 Å². The van der Waals surface area contributed by atoms with Gasteiger partial charge >= 0.3 is 12.0 Å². The molecule has 2 amide bonds. The number of hydrogen-bond acceptors (Lipinski definition) is 4. The molecule has 16 heavy (non-hydrogen) atoms. The van der Waals surface area contributed by atoms with E-state index in [-0.39, 0.29) is 13.0 Å². The predicted molar refractivity (Wildman–Crippen MR) is 56.2 cm³/mol. The predicted octanol–water partition coefficient (Wildman–Crippen LogP) is -0.842. The molecule has 0 aliphatic heterocycles. The quantitative estimate of drug-likeness (QED) is 0.409. The second kappa shape index (κ2) is 8.93. The van der Waals surface area contributed by atoms with Gasteiger partial charge in [-0.1, -0.05) is 0 Å². The van der Waals surface area contributed by atoms with Gasteiger partial charge in [-0.05, 0) is 6.42 Å². The fourth-order valence-electron chi connectivity index (χ4n) is 1.01. The Morgan fingerprint density at radius 3 is 2.62 bits per heavy atom. The lowest BCUT2D eigenvalue weighted by atomic mass is 10.2. The van der Waals surface area contributed by atoms with E-state index < -0.39 is 18.0 Å². The van der Waals surface area contributed by atoms with Gasteiger partial charge in [-0.3, -0.25) is 0 Å². The molecule has 0 aliphatic rings. The summed E-state index contributed by atoms with van der Waals surface area (Å²) in [4.78, 5) is 21.8. The summed E-state index contributed by atoms with van der Waals surface area (Å²) in [7, 11) is 1.56. The molecule has 4 N–H and O–H groups in total. The lowest BCUT2D eigenvalue weighted by molar-refractivity contribution is -0.139. The van der Waals surface area contributed by atoms with Crippen LogP contribution in [-0.2, 0) is 9.53 Å². The van der Waals surface area contributed by atoms with Crippen molar-refractivity contribution < 1.29 is 24.5 Å². The van der Waals surface area contributed by atoms with Crippen LogP contribution in [0.2, 0.25) is 0 Å². The minimum Gasteiger partial charge on any atom is -0.480 e. The molecular formula is C9H18N2O5. The Morgan fingerprint density at radius 1 is 1.44 bits per heavy atom. The number of methoxy groups -OCH3 is 1. The van der Waals surface area contributed by atoms with Crippen molar-refractivity contribution in [3.05, 3.63) is 0 Å². The molecular weight excluding hydrogens is 216 g/mol. The third-order valence-electron chi connectivity index (χ3n) is 1.83. The average molecular weight is 234 g/mol. The standard InChI is InChI=1S/C9H18N2O5/c1-16-6-2-4-10-9(15)11-7(3-5-12)8(13)14/h7,12H,2-6H2,1H3,(H,13,14)(H2,10,11,15). The zero-order chi connectivity index (χ0) is 12.4. The molecule has 94 valence electrons. The summed E-state index contributed by atoms with van der Waals surface area (Å²) in [6, 6.07) is -1.62. The molecule has 0 heterocycles. The number of carbonyl (C=O) groups is 2. The Balaban J connectivity index is 3.77. The van der Waals surface area contributed by atoms with Crippen LogP contribution in [0.25, 0.3) is 0 Å². The third-order valence-corrected chi connectivity index (χ3v) is 1.83. The number of carbonyl (C=O) groups excluding carboxylic acids is 1. The molecule has 0 saturated carbocycles. The molecule has 0 saturated heterocycles. The van der Waals surface area contributed by atoms with Gasteiger partial charge in [0.25, 0.3) is 0 Å². The van der Waals surface area contributed by atoms with Crippen molar-refractivity contribution >= 4 is 12.0 Å². The van der Waals surface area contributed by atoms with E-state index in [1.165, 1.54) is 0 Å². The van der Waals surface area contributed by atoms with Gasteiger partial charge in [0, 0.05) is 33.3 Å². The molecule has 0 aliphatic carbocycles. The molecule has 0 radical (unpaired) electrons. The molecule has 0 aromatic carbocycles. The first-order valence-electron chi connectivity index (χ1n) is 4.98. The van der Waals surface area contributed by atoms with Crippen molar-refractivity contribution in [3.63, 3.8) is 0 Å². The highest BCUT2D eigenvalue weighted by molar-refractivity contribution is 5.82. The lowest BCUT2D eigenvalue weighted by Gasteiger charge is -2.13. The first-order chi connectivity index (χ1) is 7.61. The minimum atomic E-state index is -1.17. The number of amides is 2. The molecule has 7 nitrogen and oxygen atoms in total. The Hall–Kier alpha value is -1.34. The Morgan fingerprint density at radius 2 is 2.12 bits per heavy atom. The molecule has 0 rings (SSSR count). The second-order valence-corrected chi connectivity index (χ2v) is 3.15. The number of nitrogens with one attached hydrogen (secondary N) is 2. The number of aliphatic carboxylic acids is 1. The zero-order valence-electron chi connectivity index (χ0n) is 9.23. The van der Waals surface area contributed by atoms with Gasteiger partial charge in [-0.25, -0.2) is 9.59 Å². The van der Waals surface area contributed by atoms with Gasteiger partial charge in [0.15, 0.2) is 0 Å². The Kier molecular flexibility index (Phi) is 8.18. The molecule has 0 aromatic heterocycles. The number of hydrogen-bond donors (Lipinski definition) is 4. The topological polar surface area (TPSA) is 108 Å². The second-order valence-electron chi connectivity index (χ2n) is 3.15. The number of aliphatic hydroxyl groups excluding tert-OH is 1. The first-order valence-corrected chi connectivity index (χ1v) is 4.98. The van der Waals surface area contributed by atoms with Crippen molar-refractivity contribution in [2.75, 3.05) is 26.9 Å². The molecule has 0 spiro atoms. The van der Waals surface area contributed by atoms with E-state index in [2.05, 4.69) is 10.6 Å². The van der Waals surface area contributed by atoms with Gasteiger partial charge < -0.3 is 25.6 Å².